The number of likely N-dealkylation sites (N-methyl/N-ethyl adjacent to an activating group) is 1. The molecule has 0 unspecified atom stereocenters. The molecule has 2 aliphatic heterocycles. The summed E-state index contributed by atoms with van der Waals surface area (Å²) in [6.45, 7) is 5.12. The zero-order valence-corrected chi connectivity index (χ0v) is 13.8. The van der Waals surface area contributed by atoms with Gasteiger partial charge in [-0.2, -0.15) is 0 Å². The molecule has 1 aromatic rings. The number of hydrogen-bond acceptors (Lipinski definition) is 7. The lowest BCUT2D eigenvalue weighted by atomic mass is 10.3. The molecule has 3 heterocycles. The van der Waals surface area contributed by atoms with Gasteiger partial charge in [0, 0.05) is 50.8 Å². The molecule has 2 fully saturated rings. The SMILES string of the molecule is CN1CCN(C(=O)c2nnsc2NC(=O)N2CCOCC2)CC1. The third-order valence-corrected chi connectivity index (χ3v) is 4.64. The molecule has 2 saturated heterocycles. The average molecular weight is 340 g/mol. The Morgan fingerprint density at radius 3 is 2.48 bits per heavy atom. The second-order valence-corrected chi connectivity index (χ2v) is 6.33. The number of aromatic nitrogens is 2. The zero-order valence-electron chi connectivity index (χ0n) is 13.0. The van der Waals surface area contributed by atoms with E-state index in [1.54, 1.807) is 9.80 Å². The number of nitrogens with zero attached hydrogens (tertiary/aromatic N) is 5. The maximum atomic E-state index is 12.6. The van der Waals surface area contributed by atoms with Gasteiger partial charge in [0.05, 0.1) is 13.2 Å². The van der Waals surface area contributed by atoms with Crippen LogP contribution in [0, 0.1) is 0 Å². The summed E-state index contributed by atoms with van der Waals surface area (Å²) in [6, 6.07) is -0.244. The Bertz CT molecular complexity index is 566. The topological polar surface area (TPSA) is 90.9 Å². The van der Waals surface area contributed by atoms with E-state index < -0.39 is 0 Å². The van der Waals surface area contributed by atoms with Crippen molar-refractivity contribution in [3.05, 3.63) is 5.69 Å². The predicted octanol–water partition coefficient (Wildman–Crippen LogP) is -0.210. The van der Waals surface area contributed by atoms with E-state index in [-0.39, 0.29) is 17.6 Å². The summed E-state index contributed by atoms with van der Waals surface area (Å²) >= 11 is 1.03. The van der Waals surface area contributed by atoms with E-state index in [1.165, 1.54) is 0 Å². The molecule has 0 saturated carbocycles. The molecule has 3 rings (SSSR count). The first kappa shape index (κ1) is 16.1. The van der Waals surface area contributed by atoms with Gasteiger partial charge in [-0.15, -0.1) is 5.10 Å². The molecular weight excluding hydrogens is 320 g/mol. The highest BCUT2D eigenvalue weighted by Gasteiger charge is 2.27. The van der Waals surface area contributed by atoms with Crippen molar-refractivity contribution in [2.24, 2.45) is 0 Å². The summed E-state index contributed by atoms with van der Waals surface area (Å²) in [4.78, 5) is 30.4. The molecule has 0 aliphatic carbocycles. The normalized spacial score (nSPS) is 19.7. The highest BCUT2D eigenvalue weighted by atomic mass is 32.1. The minimum Gasteiger partial charge on any atom is -0.378 e. The smallest absolute Gasteiger partial charge is 0.322 e. The van der Waals surface area contributed by atoms with Crippen molar-refractivity contribution in [3.8, 4) is 0 Å². The molecule has 3 amide bonds. The number of carbonyl (C=O) groups excluding carboxylic acids is 2. The van der Waals surface area contributed by atoms with E-state index in [4.69, 9.17) is 4.74 Å². The summed E-state index contributed by atoms with van der Waals surface area (Å²) in [7, 11) is 2.03. The number of piperazine rings is 1. The third kappa shape index (κ3) is 3.77. The molecule has 0 bridgehead atoms. The van der Waals surface area contributed by atoms with Crippen LogP contribution in [0.2, 0.25) is 0 Å². The number of anilines is 1. The van der Waals surface area contributed by atoms with E-state index in [9.17, 15) is 9.59 Å². The van der Waals surface area contributed by atoms with Gasteiger partial charge < -0.3 is 19.4 Å². The maximum Gasteiger partial charge on any atom is 0.322 e. The molecule has 0 radical (unpaired) electrons. The third-order valence-electron chi connectivity index (χ3n) is 4.00. The molecule has 1 aromatic heterocycles. The van der Waals surface area contributed by atoms with Crippen molar-refractivity contribution < 1.29 is 14.3 Å². The molecule has 0 spiro atoms. The van der Waals surface area contributed by atoms with Gasteiger partial charge in [0.25, 0.3) is 5.91 Å². The van der Waals surface area contributed by atoms with Gasteiger partial charge in [0.15, 0.2) is 10.7 Å². The van der Waals surface area contributed by atoms with Crippen LogP contribution in [0.3, 0.4) is 0 Å². The fourth-order valence-corrected chi connectivity index (χ4v) is 3.07. The number of rotatable bonds is 2. The number of urea groups is 1. The summed E-state index contributed by atoms with van der Waals surface area (Å²) in [5.41, 5.74) is 0.223. The van der Waals surface area contributed by atoms with Crippen LogP contribution in [0.25, 0.3) is 0 Å². The van der Waals surface area contributed by atoms with Crippen LogP contribution in [-0.2, 0) is 4.74 Å². The van der Waals surface area contributed by atoms with Crippen molar-refractivity contribution in [3.63, 3.8) is 0 Å². The summed E-state index contributed by atoms with van der Waals surface area (Å²) < 4.78 is 9.05. The highest BCUT2D eigenvalue weighted by Crippen LogP contribution is 2.20. The Morgan fingerprint density at radius 2 is 1.78 bits per heavy atom. The second-order valence-electron chi connectivity index (χ2n) is 5.58. The van der Waals surface area contributed by atoms with Crippen molar-refractivity contribution in [1.29, 1.82) is 0 Å². The van der Waals surface area contributed by atoms with E-state index >= 15 is 0 Å². The zero-order chi connectivity index (χ0) is 16.2. The van der Waals surface area contributed by atoms with Crippen molar-refractivity contribution in [1.82, 2.24) is 24.3 Å². The number of morpholine rings is 1. The van der Waals surface area contributed by atoms with Crippen molar-refractivity contribution in [2.75, 3.05) is 64.8 Å². The lowest BCUT2D eigenvalue weighted by Gasteiger charge is -2.32. The molecule has 23 heavy (non-hydrogen) atoms. The standard InChI is InChI=1S/C13H20N6O3S/c1-17-2-4-18(5-3-17)12(20)10-11(23-16-15-10)14-13(21)19-6-8-22-9-7-19/h2-9H2,1H3,(H,14,21). The first-order valence-electron chi connectivity index (χ1n) is 7.59. The van der Waals surface area contributed by atoms with Crippen molar-refractivity contribution in [2.45, 2.75) is 0 Å². The van der Waals surface area contributed by atoms with Crippen LogP contribution in [-0.4, -0.2) is 95.8 Å². The quantitative estimate of drug-likeness (QED) is 0.801. The highest BCUT2D eigenvalue weighted by molar-refractivity contribution is 7.10. The lowest BCUT2D eigenvalue weighted by molar-refractivity contribution is 0.0564. The number of nitrogens with one attached hydrogen (secondary N) is 1. The molecule has 9 nitrogen and oxygen atoms in total. The molecule has 126 valence electrons. The van der Waals surface area contributed by atoms with E-state index in [0.29, 0.717) is 44.4 Å². The van der Waals surface area contributed by atoms with Crippen LogP contribution in [0.4, 0.5) is 9.80 Å². The Balaban J connectivity index is 1.64. The fraction of sp³-hybridized carbons (Fsp3) is 0.692. The molecule has 0 aromatic carbocycles. The van der Waals surface area contributed by atoms with Gasteiger partial charge in [-0.3, -0.25) is 10.1 Å². The van der Waals surface area contributed by atoms with Crippen LogP contribution in [0.5, 0.6) is 0 Å². The van der Waals surface area contributed by atoms with E-state index in [2.05, 4.69) is 19.8 Å². The lowest BCUT2D eigenvalue weighted by Crippen LogP contribution is -2.47. The van der Waals surface area contributed by atoms with Gasteiger partial charge in [0.1, 0.15) is 0 Å². The van der Waals surface area contributed by atoms with Gasteiger partial charge in [-0.25, -0.2) is 4.79 Å². The van der Waals surface area contributed by atoms with Crippen LogP contribution in [0.1, 0.15) is 10.5 Å². The molecular formula is C13H20N6O3S. The molecule has 10 heteroatoms. The largest absolute Gasteiger partial charge is 0.378 e. The van der Waals surface area contributed by atoms with Gasteiger partial charge in [-0.1, -0.05) is 4.49 Å². The van der Waals surface area contributed by atoms with E-state index in [0.717, 1.165) is 24.6 Å². The summed E-state index contributed by atoms with van der Waals surface area (Å²) in [5.74, 6) is -0.177. The number of carbonyl (C=O) groups is 2. The van der Waals surface area contributed by atoms with Crippen LogP contribution >= 0.6 is 11.5 Å². The van der Waals surface area contributed by atoms with Gasteiger partial charge >= 0.3 is 6.03 Å². The number of ether oxygens (including phenoxy) is 1. The Hall–Kier alpha value is -1.78. The van der Waals surface area contributed by atoms with Crippen LogP contribution in [0.15, 0.2) is 0 Å². The summed E-state index contributed by atoms with van der Waals surface area (Å²) in [6.07, 6.45) is 0. The Kier molecular flexibility index (Phi) is 5.03. The Labute approximate surface area is 138 Å². The maximum absolute atomic E-state index is 12.6. The number of hydrogen-bond donors (Lipinski definition) is 1. The first-order chi connectivity index (χ1) is 11.1. The number of amides is 3. The summed E-state index contributed by atoms with van der Waals surface area (Å²) in [5, 5.41) is 7.08. The molecule has 2 aliphatic rings. The minimum atomic E-state index is -0.244. The monoisotopic (exact) mass is 340 g/mol. The van der Waals surface area contributed by atoms with Gasteiger partial charge in [0.2, 0.25) is 0 Å². The fourth-order valence-electron chi connectivity index (χ4n) is 2.51. The van der Waals surface area contributed by atoms with Crippen LogP contribution < -0.4 is 5.32 Å². The first-order valence-corrected chi connectivity index (χ1v) is 8.36. The van der Waals surface area contributed by atoms with Crippen molar-refractivity contribution >= 4 is 28.5 Å². The second kappa shape index (κ2) is 7.20. The predicted molar refractivity (Wildman–Crippen MR) is 84.7 cm³/mol. The molecule has 1 N–H and O–H groups in total. The average Bonchev–Trinajstić information content (AvgIpc) is 3.04. The Morgan fingerprint density at radius 1 is 1.09 bits per heavy atom. The van der Waals surface area contributed by atoms with E-state index in [1.807, 2.05) is 7.05 Å². The minimum absolute atomic E-state index is 0.177. The van der Waals surface area contributed by atoms with Gasteiger partial charge in [-0.05, 0) is 7.05 Å². The molecule has 0 atom stereocenters.